The lowest BCUT2D eigenvalue weighted by Crippen LogP contribution is -2.09. The predicted octanol–water partition coefficient (Wildman–Crippen LogP) is 2.31. The van der Waals surface area contributed by atoms with E-state index in [1.54, 1.807) is 0 Å². The first-order valence-corrected chi connectivity index (χ1v) is 3.82. The largest absolute Gasteiger partial charge is 0.477 e. The van der Waals surface area contributed by atoms with Crippen LogP contribution in [0.3, 0.4) is 0 Å². The zero-order valence-corrected chi connectivity index (χ0v) is 7.49. The Kier molecular flexibility index (Phi) is 2.84. The fourth-order valence-electron chi connectivity index (χ4n) is 1.04. The standard InChI is InChI=1S/C8H4F3NO4/c9-8(10,11)4-1-2-6(12(15)16)5(3-4)7(13)14/h1-3H,(H,13,14). The maximum Gasteiger partial charge on any atom is 0.416 e. The molecule has 0 unspecified atom stereocenters. The number of carboxylic acid groups (broad SMARTS) is 1. The SMILES string of the molecule is O=C(O)c1cc(C(F)(F)F)ccc1[N+](=O)[O-]. The predicted molar refractivity (Wildman–Crippen MR) is 45.1 cm³/mol. The number of hydrogen-bond donors (Lipinski definition) is 1. The number of benzene rings is 1. The molecule has 0 atom stereocenters. The molecular weight excluding hydrogens is 231 g/mol. The van der Waals surface area contributed by atoms with Gasteiger partial charge in [-0.1, -0.05) is 0 Å². The average molecular weight is 235 g/mol. The van der Waals surface area contributed by atoms with Crippen molar-refractivity contribution in [3.05, 3.63) is 39.4 Å². The highest BCUT2D eigenvalue weighted by molar-refractivity contribution is 5.92. The van der Waals surface area contributed by atoms with E-state index in [0.717, 1.165) is 0 Å². The second kappa shape index (κ2) is 3.80. The van der Waals surface area contributed by atoms with Gasteiger partial charge in [-0.2, -0.15) is 13.2 Å². The van der Waals surface area contributed by atoms with Gasteiger partial charge >= 0.3 is 12.1 Å². The third kappa shape index (κ3) is 2.27. The topological polar surface area (TPSA) is 80.4 Å². The molecule has 8 heteroatoms. The molecular formula is C8H4F3NO4. The first-order chi connectivity index (χ1) is 7.23. The number of aromatic carboxylic acids is 1. The van der Waals surface area contributed by atoms with Crippen molar-refractivity contribution < 1.29 is 28.0 Å². The number of nitro benzene ring substituents is 1. The summed E-state index contributed by atoms with van der Waals surface area (Å²) in [4.78, 5) is 19.8. The highest BCUT2D eigenvalue weighted by Gasteiger charge is 2.33. The van der Waals surface area contributed by atoms with Crippen molar-refractivity contribution in [1.29, 1.82) is 0 Å². The molecule has 16 heavy (non-hydrogen) atoms. The first kappa shape index (κ1) is 12.0. The molecule has 1 N–H and O–H groups in total. The fraction of sp³-hybridized carbons (Fsp3) is 0.125. The van der Waals surface area contributed by atoms with Gasteiger partial charge in [0.15, 0.2) is 0 Å². The molecule has 5 nitrogen and oxygen atoms in total. The summed E-state index contributed by atoms with van der Waals surface area (Å²) in [5, 5.41) is 18.9. The van der Waals surface area contributed by atoms with Crippen LogP contribution in [0, 0.1) is 10.1 Å². The minimum Gasteiger partial charge on any atom is -0.477 e. The molecule has 0 aliphatic carbocycles. The van der Waals surface area contributed by atoms with E-state index < -0.39 is 33.9 Å². The van der Waals surface area contributed by atoms with Crippen LogP contribution in [0.5, 0.6) is 0 Å². The Hall–Kier alpha value is -2.12. The van der Waals surface area contributed by atoms with Crippen LogP contribution in [0.2, 0.25) is 0 Å². The van der Waals surface area contributed by atoms with E-state index >= 15 is 0 Å². The number of halogens is 3. The van der Waals surface area contributed by atoms with E-state index in [0.29, 0.717) is 12.1 Å². The van der Waals surface area contributed by atoms with Crippen molar-refractivity contribution in [3.63, 3.8) is 0 Å². The maximum atomic E-state index is 12.2. The summed E-state index contributed by atoms with van der Waals surface area (Å²) in [6, 6.07) is 1.22. The number of rotatable bonds is 2. The van der Waals surface area contributed by atoms with E-state index in [9.17, 15) is 28.1 Å². The zero-order valence-electron chi connectivity index (χ0n) is 7.49. The smallest absolute Gasteiger partial charge is 0.416 e. The van der Waals surface area contributed by atoms with Gasteiger partial charge in [-0.3, -0.25) is 10.1 Å². The van der Waals surface area contributed by atoms with Crippen molar-refractivity contribution in [3.8, 4) is 0 Å². The number of nitrogens with zero attached hydrogens (tertiary/aromatic N) is 1. The molecule has 0 aliphatic heterocycles. The number of carboxylic acids is 1. The second-order valence-electron chi connectivity index (χ2n) is 2.79. The lowest BCUT2D eigenvalue weighted by molar-refractivity contribution is -0.385. The van der Waals surface area contributed by atoms with Gasteiger partial charge in [0.25, 0.3) is 5.69 Å². The molecule has 0 saturated carbocycles. The molecule has 0 saturated heterocycles. The summed E-state index contributed by atoms with van der Waals surface area (Å²) in [5.74, 6) is -1.78. The highest BCUT2D eigenvalue weighted by atomic mass is 19.4. The third-order valence-corrected chi connectivity index (χ3v) is 1.75. The summed E-state index contributed by atoms with van der Waals surface area (Å²) >= 11 is 0. The van der Waals surface area contributed by atoms with Gasteiger partial charge in [0.2, 0.25) is 0 Å². The number of hydrogen-bond acceptors (Lipinski definition) is 3. The van der Waals surface area contributed by atoms with E-state index in [-0.39, 0.29) is 6.07 Å². The first-order valence-electron chi connectivity index (χ1n) is 3.82. The Morgan fingerprint density at radius 2 is 1.94 bits per heavy atom. The molecule has 0 aromatic heterocycles. The van der Waals surface area contributed by atoms with Crippen molar-refractivity contribution in [2.75, 3.05) is 0 Å². The van der Waals surface area contributed by atoms with E-state index in [1.807, 2.05) is 0 Å². The van der Waals surface area contributed by atoms with Crippen LogP contribution in [0.4, 0.5) is 18.9 Å². The summed E-state index contributed by atoms with van der Waals surface area (Å²) in [5.41, 5.74) is -3.10. The lowest BCUT2D eigenvalue weighted by Gasteiger charge is -2.07. The number of nitro groups is 1. The zero-order chi connectivity index (χ0) is 12.5. The molecule has 86 valence electrons. The van der Waals surface area contributed by atoms with Gasteiger partial charge in [-0.15, -0.1) is 0 Å². The molecule has 0 radical (unpaired) electrons. The maximum absolute atomic E-state index is 12.2. The minimum atomic E-state index is -4.74. The summed E-state index contributed by atoms with van der Waals surface area (Å²) in [7, 11) is 0. The summed E-state index contributed by atoms with van der Waals surface area (Å²) in [6.07, 6.45) is -4.74. The molecule has 0 aliphatic rings. The fourth-order valence-corrected chi connectivity index (χ4v) is 1.04. The molecule has 0 fully saturated rings. The molecule has 1 aromatic carbocycles. The van der Waals surface area contributed by atoms with Crippen molar-refractivity contribution >= 4 is 11.7 Å². The molecule has 1 aromatic rings. The minimum absolute atomic E-state index is 0.237. The van der Waals surface area contributed by atoms with Gasteiger partial charge in [-0.05, 0) is 12.1 Å². The van der Waals surface area contributed by atoms with Crippen LogP contribution < -0.4 is 0 Å². The number of alkyl halides is 3. The highest BCUT2D eigenvalue weighted by Crippen LogP contribution is 2.32. The van der Waals surface area contributed by atoms with Crippen LogP contribution in [0.25, 0.3) is 0 Å². The summed E-state index contributed by atoms with van der Waals surface area (Å²) < 4.78 is 36.6. The lowest BCUT2D eigenvalue weighted by atomic mass is 10.1. The quantitative estimate of drug-likeness (QED) is 0.629. The van der Waals surface area contributed by atoms with Crippen molar-refractivity contribution in [2.24, 2.45) is 0 Å². The van der Waals surface area contributed by atoms with Crippen LogP contribution in [0.15, 0.2) is 18.2 Å². The van der Waals surface area contributed by atoms with Gasteiger partial charge < -0.3 is 5.11 Å². The van der Waals surface area contributed by atoms with Crippen LogP contribution in [-0.4, -0.2) is 16.0 Å². The Bertz CT molecular complexity index is 455. The molecule has 1 rings (SSSR count). The normalized spacial score (nSPS) is 11.2. The Morgan fingerprint density at radius 3 is 2.31 bits per heavy atom. The number of carbonyl (C=O) groups is 1. The van der Waals surface area contributed by atoms with Gasteiger partial charge in [0.1, 0.15) is 5.56 Å². The molecule has 0 bridgehead atoms. The monoisotopic (exact) mass is 235 g/mol. The van der Waals surface area contributed by atoms with E-state index in [1.165, 1.54) is 0 Å². The van der Waals surface area contributed by atoms with Gasteiger partial charge in [0, 0.05) is 6.07 Å². The Balaban J connectivity index is 3.40. The third-order valence-electron chi connectivity index (χ3n) is 1.75. The van der Waals surface area contributed by atoms with Crippen LogP contribution >= 0.6 is 0 Å². The van der Waals surface area contributed by atoms with Gasteiger partial charge in [-0.25, -0.2) is 4.79 Å². The van der Waals surface area contributed by atoms with Crippen molar-refractivity contribution in [2.45, 2.75) is 6.18 Å². The van der Waals surface area contributed by atoms with E-state index in [2.05, 4.69) is 0 Å². The molecule has 0 spiro atoms. The van der Waals surface area contributed by atoms with Gasteiger partial charge in [0.05, 0.1) is 10.5 Å². The Labute approximate surface area is 86.3 Å². The molecule has 0 amide bonds. The average Bonchev–Trinajstić information content (AvgIpc) is 2.15. The second-order valence-corrected chi connectivity index (χ2v) is 2.79. The van der Waals surface area contributed by atoms with Crippen molar-refractivity contribution in [1.82, 2.24) is 0 Å². The summed E-state index contributed by atoms with van der Waals surface area (Å²) in [6.45, 7) is 0. The van der Waals surface area contributed by atoms with Crippen LogP contribution in [0.1, 0.15) is 15.9 Å². The Morgan fingerprint density at radius 1 is 1.38 bits per heavy atom. The van der Waals surface area contributed by atoms with E-state index in [4.69, 9.17) is 5.11 Å². The van der Waals surface area contributed by atoms with Crippen LogP contribution in [-0.2, 0) is 6.18 Å². The molecule has 0 heterocycles.